The zero-order valence-corrected chi connectivity index (χ0v) is 20.6. The predicted octanol–water partition coefficient (Wildman–Crippen LogP) is 3.88. The molecule has 0 aliphatic carbocycles. The van der Waals surface area contributed by atoms with Crippen LogP contribution in [0.15, 0.2) is 54.6 Å². The second-order valence-electron chi connectivity index (χ2n) is 9.81. The minimum atomic E-state index is -1.23. The molecule has 0 spiro atoms. The molecule has 35 heavy (non-hydrogen) atoms. The van der Waals surface area contributed by atoms with Crippen LogP contribution in [0.5, 0.6) is 5.75 Å². The molecule has 0 aromatic heterocycles. The number of rotatable bonds is 7. The average Bonchev–Trinajstić information content (AvgIpc) is 3.29. The lowest BCUT2D eigenvalue weighted by Gasteiger charge is -2.48. The molecule has 2 fully saturated rings. The molecule has 8 heteroatoms. The number of benzene rings is 2. The molecular formula is C27H35N3O5. The number of carboxylic acid groups (broad SMARTS) is 2. The summed E-state index contributed by atoms with van der Waals surface area (Å²) in [7, 11) is 4.31. The van der Waals surface area contributed by atoms with Gasteiger partial charge >= 0.3 is 12.1 Å². The number of likely N-dealkylation sites (tertiary alicyclic amines) is 2. The quantitative estimate of drug-likeness (QED) is 0.620. The van der Waals surface area contributed by atoms with E-state index in [1.165, 1.54) is 5.56 Å². The minimum absolute atomic E-state index is 0.00345. The van der Waals surface area contributed by atoms with E-state index in [1.807, 2.05) is 24.3 Å². The number of para-hydroxylation sites is 1. The minimum Gasteiger partial charge on any atom is -0.488 e. The Morgan fingerprint density at radius 3 is 2.23 bits per heavy atom. The van der Waals surface area contributed by atoms with E-state index in [1.54, 1.807) is 0 Å². The Morgan fingerprint density at radius 1 is 1.03 bits per heavy atom. The number of aliphatic carboxylic acids is 1. The van der Waals surface area contributed by atoms with Crippen LogP contribution in [0.3, 0.4) is 0 Å². The van der Waals surface area contributed by atoms with Crippen LogP contribution in [0.4, 0.5) is 4.79 Å². The first-order valence-electron chi connectivity index (χ1n) is 12.2. The molecular weight excluding hydrogens is 446 g/mol. The molecule has 2 aromatic carbocycles. The monoisotopic (exact) mass is 481 g/mol. The second-order valence-corrected chi connectivity index (χ2v) is 9.81. The summed E-state index contributed by atoms with van der Waals surface area (Å²) in [6.07, 6.45) is 0.417. The van der Waals surface area contributed by atoms with E-state index in [0.717, 1.165) is 36.4 Å². The van der Waals surface area contributed by atoms with Crippen LogP contribution >= 0.6 is 0 Å². The Kier molecular flexibility index (Phi) is 7.33. The van der Waals surface area contributed by atoms with Crippen molar-refractivity contribution < 1.29 is 24.5 Å². The molecule has 2 aliphatic rings. The number of carbonyl (C=O) groups is 2. The molecule has 8 nitrogen and oxygen atoms in total. The van der Waals surface area contributed by atoms with Crippen molar-refractivity contribution in [2.75, 3.05) is 33.7 Å². The van der Waals surface area contributed by atoms with E-state index in [9.17, 15) is 19.8 Å². The fourth-order valence-corrected chi connectivity index (χ4v) is 5.66. The number of amides is 1. The average molecular weight is 482 g/mol. The van der Waals surface area contributed by atoms with Gasteiger partial charge in [-0.2, -0.15) is 0 Å². The molecule has 2 heterocycles. The van der Waals surface area contributed by atoms with Crippen molar-refractivity contribution in [3.8, 4) is 5.75 Å². The molecule has 0 radical (unpaired) electrons. The molecule has 2 N–H and O–H groups in total. The number of hydrogen-bond acceptors (Lipinski definition) is 5. The number of hydrogen-bond donors (Lipinski definition) is 2. The molecule has 4 rings (SSSR count). The van der Waals surface area contributed by atoms with Crippen LogP contribution < -0.4 is 4.74 Å². The van der Waals surface area contributed by atoms with Gasteiger partial charge in [0.1, 0.15) is 17.9 Å². The Labute approximate surface area is 206 Å². The third-order valence-corrected chi connectivity index (χ3v) is 7.80. The van der Waals surface area contributed by atoms with Crippen LogP contribution in [-0.4, -0.2) is 82.9 Å². The van der Waals surface area contributed by atoms with Crippen molar-refractivity contribution in [3.05, 3.63) is 65.7 Å². The number of piperidine rings is 1. The zero-order valence-electron chi connectivity index (χ0n) is 20.6. The van der Waals surface area contributed by atoms with Crippen LogP contribution in [0.2, 0.25) is 0 Å². The van der Waals surface area contributed by atoms with E-state index in [-0.39, 0.29) is 24.5 Å². The highest BCUT2D eigenvalue weighted by Gasteiger charge is 2.42. The Bertz CT molecular complexity index is 1010. The van der Waals surface area contributed by atoms with Gasteiger partial charge in [-0.1, -0.05) is 48.5 Å². The maximum absolute atomic E-state index is 11.5. The summed E-state index contributed by atoms with van der Waals surface area (Å²) in [6, 6.07) is 17.5. The summed E-state index contributed by atoms with van der Waals surface area (Å²) in [5, 5.41) is 18.8. The Balaban J connectivity index is 1.48. The van der Waals surface area contributed by atoms with Gasteiger partial charge in [0.15, 0.2) is 0 Å². The lowest BCUT2D eigenvalue weighted by Crippen LogP contribution is -2.50. The zero-order chi connectivity index (χ0) is 25.2. The largest absolute Gasteiger partial charge is 0.488 e. The van der Waals surface area contributed by atoms with Crippen molar-refractivity contribution in [3.63, 3.8) is 0 Å². The van der Waals surface area contributed by atoms with Gasteiger partial charge in [0, 0.05) is 36.7 Å². The van der Waals surface area contributed by atoms with Gasteiger partial charge in [0.2, 0.25) is 0 Å². The van der Waals surface area contributed by atoms with Gasteiger partial charge < -0.3 is 14.9 Å². The molecule has 3 atom stereocenters. The van der Waals surface area contributed by atoms with Crippen LogP contribution in [0, 0.1) is 0 Å². The maximum atomic E-state index is 11.5. The van der Waals surface area contributed by atoms with E-state index in [2.05, 4.69) is 61.2 Å². The summed E-state index contributed by atoms with van der Waals surface area (Å²) in [6.45, 7) is 4.08. The summed E-state index contributed by atoms with van der Waals surface area (Å²) < 4.78 is 6.22. The smallest absolute Gasteiger partial charge is 0.408 e. The Hall–Kier alpha value is -3.10. The first kappa shape index (κ1) is 25.0. The van der Waals surface area contributed by atoms with Gasteiger partial charge in [0.25, 0.3) is 0 Å². The molecule has 1 amide bonds. The highest BCUT2D eigenvalue weighted by Crippen LogP contribution is 2.40. The number of ether oxygens (including phenoxy) is 1. The summed E-state index contributed by atoms with van der Waals surface area (Å²) in [4.78, 5) is 28.8. The summed E-state index contributed by atoms with van der Waals surface area (Å²) >= 11 is 0. The molecule has 0 saturated carbocycles. The van der Waals surface area contributed by atoms with Gasteiger partial charge in [-0.05, 0) is 45.5 Å². The Morgan fingerprint density at radius 2 is 1.66 bits per heavy atom. The topological polar surface area (TPSA) is 93.5 Å². The predicted molar refractivity (Wildman–Crippen MR) is 133 cm³/mol. The SMILES string of the molecule is CC(c1ccccc1O[C@H]1C[C@@H](C(=O)O)N(C(=O)O)C1)N1CCC(c2ccccc2)(N(C)C)CC1. The van der Waals surface area contributed by atoms with Crippen LogP contribution in [-0.2, 0) is 10.3 Å². The van der Waals surface area contributed by atoms with Crippen molar-refractivity contribution in [1.29, 1.82) is 0 Å². The fourth-order valence-electron chi connectivity index (χ4n) is 5.66. The summed E-state index contributed by atoms with van der Waals surface area (Å²) in [5.41, 5.74) is 2.38. The normalized spacial score (nSPS) is 23.3. The van der Waals surface area contributed by atoms with Crippen molar-refractivity contribution >= 4 is 12.1 Å². The third-order valence-electron chi connectivity index (χ3n) is 7.80. The molecule has 2 aromatic rings. The fraction of sp³-hybridized carbons (Fsp3) is 0.481. The molecule has 2 saturated heterocycles. The van der Waals surface area contributed by atoms with Gasteiger partial charge in [0.05, 0.1) is 6.54 Å². The first-order valence-corrected chi connectivity index (χ1v) is 12.2. The highest BCUT2D eigenvalue weighted by atomic mass is 16.5. The van der Waals surface area contributed by atoms with Crippen LogP contribution in [0.25, 0.3) is 0 Å². The first-order chi connectivity index (χ1) is 16.7. The number of nitrogens with zero attached hydrogens (tertiary/aromatic N) is 3. The molecule has 188 valence electrons. The highest BCUT2D eigenvalue weighted by molar-refractivity contribution is 5.80. The van der Waals surface area contributed by atoms with E-state index >= 15 is 0 Å². The lowest BCUT2D eigenvalue weighted by atomic mass is 9.79. The van der Waals surface area contributed by atoms with Gasteiger partial charge in [-0.15, -0.1) is 0 Å². The van der Waals surface area contributed by atoms with Gasteiger partial charge in [-0.3, -0.25) is 14.7 Å². The van der Waals surface area contributed by atoms with Crippen LogP contribution in [0.1, 0.15) is 43.4 Å². The molecule has 1 unspecified atom stereocenters. The van der Waals surface area contributed by atoms with E-state index in [4.69, 9.17) is 4.74 Å². The maximum Gasteiger partial charge on any atom is 0.408 e. The molecule has 2 aliphatic heterocycles. The molecule has 0 bridgehead atoms. The third kappa shape index (κ3) is 4.99. The van der Waals surface area contributed by atoms with E-state index in [0.29, 0.717) is 5.75 Å². The lowest BCUT2D eigenvalue weighted by molar-refractivity contribution is -0.141. The second kappa shape index (κ2) is 10.3. The summed E-state index contributed by atoms with van der Waals surface area (Å²) in [5.74, 6) is -0.454. The van der Waals surface area contributed by atoms with E-state index < -0.39 is 24.2 Å². The van der Waals surface area contributed by atoms with Crippen molar-refractivity contribution in [2.24, 2.45) is 0 Å². The van der Waals surface area contributed by atoms with Gasteiger partial charge in [-0.25, -0.2) is 9.59 Å². The van der Waals surface area contributed by atoms with Crippen molar-refractivity contribution in [1.82, 2.24) is 14.7 Å². The van der Waals surface area contributed by atoms with Crippen molar-refractivity contribution in [2.45, 2.75) is 49.9 Å². The standard InChI is InChI=1S/C27H35N3O5/c1-19(29-15-13-27(14-16-29,28(2)3)20-9-5-4-6-10-20)22-11-7-8-12-24(22)35-21-17-23(25(31)32)30(18-21)26(33)34/h4-12,19,21,23H,13-18H2,1-3H3,(H,31,32)(H,33,34)/t19?,21-,23-/m0/s1. The number of carboxylic acids is 1.